The molecule has 8 heteroatoms. The number of carboxylic acids is 1. The van der Waals surface area contributed by atoms with Gasteiger partial charge in [0.1, 0.15) is 11.9 Å². The zero-order valence-electron chi connectivity index (χ0n) is 19.7. The molecule has 2 N–H and O–H groups in total. The fourth-order valence-corrected chi connectivity index (χ4v) is 7.96. The zero-order chi connectivity index (χ0) is 24.1. The highest BCUT2D eigenvalue weighted by Crippen LogP contribution is 2.66. The number of methoxy groups -OCH3 is 1. The molecule has 4 fully saturated rings. The maximum absolute atomic E-state index is 13.5. The molecular weight excluding hydrogens is 428 g/mol. The summed E-state index contributed by atoms with van der Waals surface area (Å²) in [6.07, 6.45) is 2.97. The van der Waals surface area contributed by atoms with Crippen LogP contribution in [0.4, 0.5) is 0 Å². The van der Waals surface area contributed by atoms with Crippen LogP contribution in [0.5, 0.6) is 0 Å². The van der Waals surface area contributed by atoms with Crippen molar-refractivity contribution in [3.05, 3.63) is 0 Å². The summed E-state index contributed by atoms with van der Waals surface area (Å²) < 4.78 is 10.6. The first-order chi connectivity index (χ1) is 15.5. The molecule has 4 aliphatic carbocycles. The van der Waals surface area contributed by atoms with Crippen molar-refractivity contribution in [3.63, 3.8) is 0 Å². The van der Waals surface area contributed by atoms with Crippen LogP contribution in [0, 0.1) is 40.4 Å². The van der Waals surface area contributed by atoms with E-state index >= 15 is 0 Å². The summed E-state index contributed by atoms with van der Waals surface area (Å²) in [5.41, 5.74) is -0.793. The number of aliphatic hydroxyl groups is 1. The van der Waals surface area contributed by atoms with Crippen molar-refractivity contribution in [2.45, 2.75) is 83.8 Å². The van der Waals surface area contributed by atoms with Gasteiger partial charge in [-0.1, -0.05) is 13.8 Å². The molecule has 9 atom stereocenters. The van der Waals surface area contributed by atoms with Gasteiger partial charge >= 0.3 is 17.9 Å². The summed E-state index contributed by atoms with van der Waals surface area (Å²) in [5, 5.41) is 20.1. The third-order valence-corrected chi connectivity index (χ3v) is 9.86. The number of Topliss-reactive ketones (excluding diaryl/α,β-unsaturated/α-hetero) is 1. The van der Waals surface area contributed by atoms with E-state index in [9.17, 15) is 24.3 Å². The normalized spacial score (nSPS) is 44.2. The highest BCUT2D eigenvalue weighted by Gasteiger charge is 2.66. The molecule has 8 nitrogen and oxygen atoms in total. The Morgan fingerprint density at radius 3 is 2.45 bits per heavy atom. The SMILES string of the molecule is COC(=O)[C@@H]1CC[C@@H]2[C@@H]3C(=O)C[C@@H]4C[C@H](OC(=O)CCC(=O)O)CC[C@]4(C)[C@@H]3C[C@H](O)[C@@]21C. The van der Waals surface area contributed by atoms with E-state index in [1.807, 2.05) is 6.92 Å². The Hall–Kier alpha value is -1.96. The van der Waals surface area contributed by atoms with Crippen molar-refractivity contribution in [1.82, 2.24) is 0 Å². The van der Waals surface area contributed by atoms with Gasteiger partial charge < -0.3 is 19.7 Å². The predicted octanol–water partition coefficient (Wildman–Crippen LogP) is 2.74. The molecular formula is C25H36O8. The summed E-state index contributed by atoms with van der Waals surface area (Å²) in [6, 6.07) is 0. The molecule has 0 heterocycles. The van der Waals surface area contributed by atoms with Crippen LogP contribution < -0.4 is 0 Å². The second kappa shape index (κ2) is 8.67. The predicted molar refractivity (Wildman–Crippen MR) is 116 cm³/mol. The molecule has 4 aliphatic rings. The van der Waals surface area contributed by atoms with Crippen LogP contribution >= 0.6 is 0 Å². The number of hydrogen-bond donors (Lipinski definition) is 2. The summed E-state index contributed by atoms with van der Waals surface area (Å²) in [4.78, 5) is 48.7. The first kappa shape index (κ1) is 24.2. The number of ether oxygens (including phenoxy) is 2. The summed E-state index contributed by atoms with van der Waals surface area (Å²) >= 11 is 0. The monoisotopic (exact) mass is 464 g/mol. The van der Waals surface area contributed by atoms with E-state index in [0.29, 0.717) is 32.1 Å². The fourth-order valence-electron chi connectivity index (χ4n) is 7.96. The number of carboxylic acid groups (broad SMARTS) is 1. The molecule has 0 aromatic heterocycles. The summed E-state index contributed by atoms with van der Waals surface area (Å²) in [5.74, 6) is -2.11. The van der Waals surface area contributed by atoms with Gasteiger partial charge in [0.25, 0.3) is 0 Å². The van der Waals surface area contributed by atoms with Gasteiger partial charge in [0.2, 0.25) is 0 Å². The molecule has 4 rings (SSSR count). The van der Waals surface area contributed by atoms with Crippen LogP contribution in [0.15, 0.2) is 0 Å². The van der Waals surface area contributed by atoms with E-state index in [0.717, 1.165) is 12.8 Å². The number of hydrogen-bond acceptors (Lipinski definition) is 7. The number of esters is 2. The highest BCUT2D eigenvalue weighted by molar-refractivity contribution is 5.84. The topological polar surface area (TPSA) is 127 Å². The first-order valence-corrected chi connectivity index (χ1v) is 12.2. The molecule has 4 saturated carbocycles. The van der Waals surface area contributed by atoms with Crippen LogP contribution in [-0.4, -0.2) is 53.2 Å². The average molecular weight is 465 g/mol. The van der Waals surface area contributed by atoms with Crippen LogP contribution in [-0.2, 0) is 28.7 Å². The number of ketones is 1. The second-order valence-corrected chi connectivity index (χ2v) is 11.2. The van der Waals surface area contributed by atoms with Gasteiger partial charge in [-0.25, -0.2) is 0 Å². The third-order valence-electron chi connectivity index (χ3n) is 9.86. The summed E-state index contributed by atoms with van der Waals surface area (Å²) in [6.45, 7) is 4.18. The van der Waals surface area contributed by atoms with Gasteiger partial charge in [-0.3, -0.25) is 19.2 Å². The Kier molecular flexibility index (Phi) is 6.35. The van der Waals surface area contributed by atoms with E-state index < -0.39 is 23.5 Å². The van der Waals surface area contributed by atoms with Crippen molar-refractivity contribution in [3.8, 4) is 0 Å². The lowest BCUT2D eigenvalue weighted by molar-refractivity contribution is -0.189. The molecule has 0 unspecified atom stereocenters. The standard InChI is InChI=1S/C25H36O8/c1-24-9-8-14(33-21(30)7-6-20(28)29)10-13(24)11-18(26)22-15-4-5-16(23(31)32-3)25(15,2)19(27)12-17(22)24/h13-17,19,22,27H,4-12H2,1-3H3,(H,28,29)/t13-,14+,15+,16-,17+,19-,22-,24-,25-/m0/s1. The van der Waals surface area contributed by atoms with Crippen LogP contribution in [0.1, 0.15) is 71.6 Å². The Morgan fingerprint density at radius 1 is 1.06 bits per heavy atom. The van der Waals surface area contributed by atoms with Gasteiger partial charge in [-0.15, -0.1) is 0 Å². The lowest BCUT2D eigenvalue weighted by Gasteiger charge is -2.61. The molecule has 184 valence electrons. The van der Waals surface area contributed by atoms with E-state index in [2.05, 4.69) is 6.92 Å². The fraction of sp³-hybridized carbons (Fsp3) is 0.840. The van der Waals surface area contributed by atoms with Crippen LogP contribution in [0.2, 0.25) is 0 Å². The molecule has 0 radical (unpaired) electrons. The van der Waals surface area contributed by atoms with Gasteiger partial charge in [0.15, 0.2) is 0 Å². The molecule has 0 aliphatic heterocycles. The maximum Gasteiger partial charge on any atom is 0.309 e. The molecule has 33 heavy (non-hydrogen) atoms. The van der Waals surface area contributed by atoms with Gasteiger partial charge in [0.05, 0.1) is 32.0 Å². The first-order valence-electron chi connectivity index (χ1n) is 12.2. The Bertz CT molecular complexity index is 838. The number of carbonyl (C=O) groups excluding carboxylic acids is 3. The van der Waals surface area contributed by atoms with E-state index in [1.54, 1.807) is 0 Å². The molecule has 0 aromatic carbocycles. The molecule has 0 spiro atoms. The van der Waals surface area contributed by atoms with E-state index in [1.165, 1.54) is 7.11 Å². The van der Waals surface area contributed by atoms with E-state index in [-0.39, 0.29) is 65.7 Å². The maximum atomic E-state index is 13.5. The number of fused-ring (bicyclic) bond motifs is 5. The minimum Gasteiger partial charge on any atom is -0.481 e. The van der Waals surface area contributed by atoms with Crippen molar-refractivity contribution in [2.24, 2.45) is 40.4 Å². The average Bonchev–Trinajstić information content (AvgIpc) is 3.12. The Balaban J connectivity index is 1.51. The van der Waals surface area contributed by atoms with Crippen molar-refractivity contribution in [2.75, 3.05) is 7.11 Å². The minimum absolute atomic E-state index is 0.0350. The Morgan fingerprint density at radius 2 is 1.79 bits per heavy atom. The molecule has 0 aromatic rings. The van der Waals surface area contributed by atoms with Gasteiger partial charge in [-0.05, 0) is 61.7 Å². The number of rotatable bonds is 5. The lowest BCUT2D eigenvalue weighted by atomic mass is 9.43. The highest BCUT2D eigenvalue weighted by atomic mass is 16.5. The molecule has 0 saturated heterocycles. The van der Waals surface area contributed by atoms with E-state index in [4.69, 9.17) is 14.6 Å². The summed E-state index contributed by atoms with van der Waals surface area (Å²) in [7, 11) is 1.38. The molecule has 0 bridgehead atoms. The van der Waals surface area contributed by atoms with Gasteiger partial charge in [0, 0.05) is 17.8 Å². The van der Waals surface area contributed by atoms with Crippen molar-refractivity contribution < 1.29 is 38.9 Å². The number of carbonyl (C=O) groups is 4. The molecule has 0 amide bonds. The number of aliphatic carboxylic acids is 1. The van der Waals surface area contributed by atoms with Crippen LogP contribution in [0.3, 0.4) is 0 Å². The Labute approximate surface area is 194 Å². The minimum atomic E-state index is -1.03. The largest absolute Gasteiger partial charge is 0.481 e. The smallest absolute Gasteiger partial charge is 0.309 e. The second-order valence-electron chi connectivity index (χ2n) is 11.2. The lowest BCUT2D eigenvalue weighted by Crippen LogP contribution is -2.61. The number of aliphatic hydroxyl groups excluding tert-OH is 1. The quantitative estimate of drug-likeness (QED) is 0.595. The third kappa shape index (κ3) is 3.88. The van der Waals surface area contributed by atoms with Crippen molar-refractivity contribution >= 4 is 23.7 Å². The van der Waals surface area contributed by atoms with Crippen molar-refractivity contribution in [1.29, 1.82) is 0 Å². The van der Waals surface area contributed by atoms with Crippen LogP contribution in [0.25, 0.3) is 0 Å². The van der Waals surface area contributed by atoms with Gasteiger partial charge in [-0.2, -0.15) is 0 Å². The zero-order valence-corrected chi connectivity index (χ0v) is 19.7.